The molecule has 1 N–H and O–H groups in total. The zero-order valence-corrected chi connectivity index (χ0v) is 10.8. The summed E-state index contributed by atoms with van der Waals surface area (Å²) in [7, 11) is -3.36. The van der Waals surface area contributed by atoms with Gasteiger partial charge in [-0.15, -0.1) is 6.42 Å². The van der Waals surface area contributed by atoms with Crippen LogP contribution >= 0.6 is 0 Å². The third-order valence-corrected chi connectivity index (χ3v) is 3.74. The standard InChI is InChI=1S/C12H16N2O2S/c1-4-12(2,3)14-17(15,16)10-7-11-5-8-13-9-6-11/h1,5-6,8-9,14H,7,10H2,2-3H3. The zero-order valence-electron chi connectivity index (χ0n) is 9.97. The number of pyridine rings is 1. The molecule has 0 radical (unpaired) electrons. The van der Waals surface area contributed by atoms with E-state index in [2.05, 4.69) is 15.6 Å². The van der Waals surface area contributed by atoms with Gasteiger partial charge in [0.1, 0.15) is 0 Å². The molecule has 0 aliphatic rings. The first-order valence-corrected chi connectivity index (χ1v) is 6.88. The van der Waals surface area contributed by atoms with Gasteiger partial charge in [-0.3, -0.25) is 4.98 Å². The Morgan fingerprint density at radius 3 is 2.53 bits per heavy atom. The lowest BCUT2D eigenvalue weighted by Crippen LogP contribution is -2.43. The minimum Gasteiger partial charge on any atom is -0.265 e. The van der Waals surface area contributed by atoms with Crippen molar-refractivity contribution in [2.75, 3.05) is 5.75 Å². The van der Waals surface area contributed by atoms with E-state index in [9.17, 15) is 8.42 Å². The third-order valence-electron chi connectivity index (χ3n) is 2.18. The van der Waals surface area contributed by atoms with E-state index in [1.807, 2.05) is 0 Å². The monoisotopic (exact) mass is 252 g/mol. The highest BCUT2D eigenvalue weighted by Crippen LogP contribution is 2.05. The number of aryl methyl sites for hydroxylation is 1. The molecule has 1 heterocycles. The average Bonchev–Trinajstić information content (AvgIpc) is 2.27. The Balaban J connectivity index is 2.61. The Bertz CT molecular complexity index is 501. The summed E-state index contributed by atoms with van der Waals surface area (Å²) in [5, 5.41) is 0. The molecule has 92 valence electrons. The van der Waals surface area contributed by atoms with Crippen molar-refractivity contribution in [3.05, 3.63) is 30.1 Å². The lowest BCUT2D eigenvalue weighted by Gasteiger charge is -2.19. The van der Waals surface area contributed by atoms with E-state index in [1.54, 1.807) is 38.4 Å². The van der Waals surface area contributed by atoms with Gasteiger partial charge in [0.15, 0.2) is 0 Å². The molecule has 0 bridgehead atoms. The number of aromatic nitrogens is 1. The van der Waals surface area contributed by atoms with E-state index in [-0.39, 0.29) is 5.75 Å². The highest BCUT2D eigenvalue weighted by atomic mass is 32.2. The van der Waals surface area contributed by atoms with Gasteiger partial charge in [0.2, 0.25) is 10.0 Å². The maximum absolute atomic E-state index is 11.8. The zero-order chi connectivity index (χ0) is 12.9. The number of nitrogens with one attached hydrogen (secondary N) is 1. The van der Waals surface area contributed by atoms with Gasteiger partial charge < -0.3 is 0 Å². The first kappa shape index (κ1) is 13.7. The Morgan fingerprint density at radius 1 is 1.41 bits per heavy atom. The van der Waals surface area contributed by atoms with Crippen LogP contribution in [0.4, 0.5) is 0 Å². The number of hydrogen-bond acceptors (Lipinski definition) is 3. The second kappa shape index (κ2) is 5.30. The quantitative estimate of drug-likeness (QED) is 0.794. The van der Waals surface area contributed by atoms with Gasteiger partial charge in [0.25, 0.3) is 0 Å². The van der Waals surface area contributed by atoms with Gasteiger partial charge in [-0.1, -0.05) is 5.92 Å². The van der Waals surface area contributed by atoms with Crippen molar-refractivity contribution in [1.82, 2.24) is 9.71 Å². The fourth-order valence-electron chi connectivity index (χ4n) is 1.27. The van der Waals surface area contributed by atoms with Crippen molar-refractivity contribution in [1.29, 1.82) is 0 Å². The molecule has 0 aliphatic carbocycles. The lowest BCUT2D eigenvalue weighted by molar-refractivity contribution is 0.538. The molecule has 0 aromatic carbocycles. The molecule has 0 aliphatic heterocycles. The van der Waals surface area contributed by atoms with Crippen LogP contribution in [-0.4, -0.2) is 24.7 Å². The van der Waals surface area contributed by atoms with E-state index in [1.165, 1.54) is 0 Å². The molecule has 0 atom stereocenters. The van der Waals surface area contributed by atoms with E-state index < -0.39 is 15.6 Å². The van der Waals surface area contributed by atoms with Gasteiger partial charge in [-0.05, 0) is 38.0 Å². The second-order valence-electron chi connectivity index (χ2n) is 4.30. The van der Waals surface area contributed by atoms with E-state index >= 15 is 0 Å². The summed E-state index contributed by atoms with van der Waals surface area (Å²) in [6, 6.07) is 3.59. The molecule has 4 nitrogen and oxygen atoms in total. The summed E-state index contributed by atoms with van der Waals surface area (Å²) < 4.78 is 26.0. The molecule has 1 aromatic rings. The molecule has 1 rings (SSSR count). The van der Waals surface area contributed by atoms with E-state index in [0.717, 1.165) is 5.56 Å². The van der Waals surface area contributed by atoms with Crippen molar-refractivity contribution in [3.8, 4) is 12.3 Å². The minimum atomic E-state index is -3.36. The first-order chi connectivity index (χ1) is 7.85. The van der Waals surface area contributed by atoms with Gasteiger partial charge in [0.05, 0.1) is 11.3 Å². The highest BCUT2D eigenvalue weighted by molar-refractivity contribution is 7.89. The predicted octanol–water partition coefficient (Wildman–Crippen LogP) is 0.955. The van der Waals surface area contributed by atoms with E-state index in [0.29, 0.717) is 6.42 Å². The summed E-state index contributed by atoms with van der Waals surface area (Å²) >= 11 is 0. The Morgan fingerprint density at radius 2 is 2.00 bits per heavy atom. The van der Waals surface area contributed by atoms with Crippen LogP contribution in [0.1, 0.15) is 19.4 Å². The Labute approximate surface area is 103 Å². The third kappa shape index (κ3) is 4.98. The van der Waals surface area contributed by atoms with Crippen molar-refractivity contribution in [2.24, 2.45) is 0 Å². The molecule has 0 amide bonds. The van der Waals surface area contributed by atoms with Crippen LogP contribution in [0, 0.1) is 12.3 Å². The number of sulfonamides is 1. The summed E-state index contributed by atoms with van der Waals surface area (Å²) in [6.07, 6.45) is 8.96. The Hall–Kier alpha value is -1.38. The van der Waals surface area contributed by atoms with Crippen molar-refractivity contribution in [3.63, 3.8) is 0 Å². The Kier molecular flexibility index (Phi) is 4.27. The van der Waals surface area contributed by atoms with Crippen molar-refractivity contribution >= 4 is 10.0 Å². The molecule has 0 unspecified atom stereocenters. The highest BCUT2D eigenvalue weighted by Gasteiger charge is 2.21. The molecular formula is C12H16N2O2S. The molecule has 0 spiro atoms. The number of nitrogens with zero attached hydrogens (tertiary/aromatic N) is 1. The van der Waals surface area contributed by atoms with Crippen molar-refractivity contribution < 1.29 is 8.42 Å². The fraction of sp³-hybridized carbons (Fsp3) is 0.417. The van der Waals surface area contributed by atoms with Crippen molar-refractivity contribution in [2.45, 2.75) is 25.8 Å². The number of rotatable bonds is 5. The smallest absolute Gasteiger partial charge is 0.213 e. The maximum Gasteiger partial charge on any atom is 0.213 e. The van der Waals surface area contributed by atoms with Gasteiger partial charge in [-0.25, -0.2) is 8.42 Å². The second-order valence-corrected chi connectivity index (χ2v) is 6.14. The molecule has 0 saturated heterocycles. The van der Waals surface area contributed by atoms with Crippen LogP contribution in [0.25, 0.3) is 0 Å². The van der Waals surface area contributed by atoms with Gasteiger partial charge in [-0.2, -0.15) is 4.72 Å². The lowest BCUT2D eigenvalue weighted by atomic mass is 10.1. The predicted molar refractivity (Wildman–Crippen MR) is 67.8 cm³/mol. The minimum absolute atomic E-state index is 0.0160. The first-order valence-electron chi connectivity index (χ1n) is 5.23. The van der Waals surface area contributed by atoms with Crippen LogP contribution < -0.4 is 4.72 Å². The summed E-state index contributed by atoms with van der Waals surface area (Å²) in [5.74, 6) is 2.41. The maximum atomic E-state index is 11.8. The molecule has 1 aromatic heterocycles. The van der Waals surface area contributed by atoms with E-state index in [4.69, 9.17) is 6.42 Å². The summed E-state index contributed by atoms with van der Waals surface area (Å²) in [5.41, 5.74) is 0.0840. The SMILES string of the molecule is C#CC(C)(C)NS(=O)(=O)CCc1ccncc1. The van der Waals surface area contributed by atoms with Gasteiger partial charge >= 0.3 is 0 Å². The van der Waals surface area contributed by atoms with Crippen LogP contribution in [0.5, 0.6) is 0 Å². The summed E-state index contributed by atoms with van der Waals surface area (Å²) in [6.45, 7) is 3.30. The molecule has 5 heteroatoms. The largest absolute Gasteiger partial charge is 0.265 e. The van der Waals surface area contributed by atoms with Crippen LogP contribution in [-0.2, 0) is 16.4 Å². The van der Waals surface area contributed by atoms with Crippen LogP contribution in [0.15, 0.2) is 24.5 Å². The normalized spacial score (nSPS) is 12.1. The van der Waals surface area contributed by atoms with Crippen LogP contribution in [0.2, 0.25) is 0 Å². The number of hydrogen-bond donors (Lipinski definition) is 1. The molecular weight excluding hydrogens is 236 g/mol. The molecule has 0 fully saturated rings. The molecule has 17 heavy (non-hydrogen) atoms. The summed E-state index contributed by atoms with van der Waals surface area (Å²) in [4.78, 5) is 3.87. The fourth-order valence-corrected chi connectivity index (χ4v) is 2.71. The van der Waals surface area contributed by atoms with Crippen LogP contribution in [0.3, 0.4) is 0 Å². The number of terminal acetylenes is 1. The topological polar surface area (TPSA) is 59.1 Å². The molecule has 0 saturated carbocycles. The van der Waals surface area contributed by atoms with Gasteiger partial charge in [0, 0.05) is 12.4 Å². The average molecular weight is 252 g/mol.